The molecule has 16 heavy (non-hydrogen) atoms. The van der Waals surface area contributed by atoms with Gasteiger partial charge in [0.05, 0.1) is 12.0 Å². The summed E-state index contributed by atoms with van der Waals surface area (Å²) in [5.41, 5.74) is 0.521. The third-order valence-corrected chi connectivity index (χ3v) is 1.80. The molecular weight excluding hydrogens is 206 g/mol. The molecule has 0 aliphatic rings. The molecule has 0 aliphatic carbocycles. The van der Waals surface area contributed by atoms with Crippen LogP contribution in [-0.2, 0) is 11.3 Å². The van der Waals surface area contributed by atoms with Gasteiger partial charge in [-0.05, 0) is 27.7 Å². The fraction of sp³-hybridized carbons (Fsp3) is 0.636. The molecule has 0 radical (unpaired) electrons. The first kappa shape index (κ1) is 12.5. The average molecular weight is 225 g/mol. The maximum Gasteiger partial charge on any atom is 0.407 e. The summed E-state index contributed by atoms with van der Waals surface area (Å²) < 4.78 is 7.03. The highest BCUT2D eigenvalue weighted by Gasteiger charge is 2.15. The van der Waals surface area contributed by atoms with E-state index in [2.05, 4.69) is 10.3 Å². The topological polar surface area (TPSA) is 56.2 Å². The Labute approximate surface area is 95.8 Å². The van der Waals surface area contributed by atoms with Crippen molar-refractivity contribution in [2.45, 2.75) is 39.8 Å². The third kappa shape index (κ3) is 4.82. The number of rotatable bonds is 3. The molecule has 0 saturated heterocycles. The van der Waals surface area contributed by atoms with E-state index in [1.54, 1.807) is 6.33 Å². The molecule has 1 aromatic rings. The number of hydrogen-bond acceptors (Lipinski definition) is 3. The quantitative estimate of drug-likeness (QED) is 0.852. The van der Waals surface area contributed by atoms with Gasteiger partial charge in [0.15, 0.2) is 0 Å². The minimum Gasteiger partial charge on any atom is -0.444 e. The molecule has 0 aliphatic heterocycles. The molecule has 5 heteroatoms. The van der Waals surface area contributed by atoms with Crippen LogP contribution in [0.3, 0.4) is 0 Å². The molecular formula is C11H19N3O2. The Balaban J connectivity index is 2.23. The molecule has 90 valence electrons. The zero-order valence-electron chi connectivity index (χ0n) is 10.3. The van der Waals surface area contributed by atoms with Crippen molar-refractivity contribution in [3.05, 3.63) is 18.2 Å². The van der Waals surface area contributed by atoms with Crippen molar-refractivity contribution in [1.82, 2.24) is 14.9 Å². The van der Waals surface area contributed by atoms with E-state index in [0.717, 1.165) is 5.69 Å². The molecule has 1 rings (SSSR count). The number of alkyl carbamates (subject to hydrolysis) is 1. The summed E-state index contributed by atoms with van der Waals surface area (Å²) in [7, 11) is 0. The van der Waals surface area contributed by atoms with Gasteiger partial charge < -0.3 is 14.6 Å². The van der Waals surface area contributed by atoms with E-state index in [9.17, 15) is 4.79 Å². The smallest absolute Gasteiger partial charge is 0.407 e. The SMILES string of the molecule is Cc1cn(CCNC(=O)OC(C)(C)C)cn1. The number of carbonyl (C=O) groups is 1. The van der Waals surface area contributed by atoms with Crippen LogP contribution >= 0.6 is 0 Å². The minimum atomic E-state index is -0.449. The highest BCUT2D eigenvalue weighted by atomic mass is 16.6. The number of aryl methyl sites for hydroxylation is 1. The Kier molecular flexibility index (Phi) is 3.93. The molecule has 1 N–H and O–H groups in total. The molecule has 0 aromatic carbocycles. The molecule has 0 fully saturated rings. The summed E-state index contributed by atoms with van der Waals surface area (Å²) in [6, 6.07) is 0. The lowest BCUT2D eigenvalue weighted by molar-refractivity contribution is 0.0526. The van der Waals surface area contributed by atoms with Crippen LogP contribution in [0, 0.1) is 6.92 Å². The van der Waals surface area contributed by atoms with Gasteiger partial charge in [-0.3, -0.25) is 0 Å². The van der Waals surface area contributed by atoms with Crippen LogP contribution in [0.15, 0.2) is 12.5 Å². The van der Waals surface area contributed by atoms with Crippen molar-refractivity contribution in [1.29, 1.82) is 0 Å². The average Bonchev–Trinajstić information content (AvgIpc) is 2.48. The summed E-state index contributed by atoms with van der Waals surface area (Å²) in [5.74, 6) is 0. The van der Waals surface area contributed by atoms with Gasteiger partial charge in [-0.1, -0.05) is 0 Å². The number of nitrogens with zero attached hydrogens (tertiary/aromatic N) is 2. The highest BCUT2D eigenvalue weighted by molar-refractivity contribution is 5.67. The lowest BCUT2D eigenvalue weighted by Gasteiger charge is -2.19. The fourth-order valence-electron chi connectivity index (χ4n) is 1.20. The van der Waals surface area contributed by atoms with Gasteiger partial charge in [0.1, 0.15) is 5.60 Å². The van der Waals surface area contributed by atoms with Crippen molar-refractivity contribution in [2.24, 2.45) is 0 Å². The molecule has 1 aromatic heterocycles. The lowest BCUT2D eigenvalue weighted by Crippen LogP contribution is -2.34. The predicted molar refractivity (Wildman–Crippen MR) is 61.2 cm³/mol. The van der Waals surface area contributed by atoms with E-state index in [1.165, 1.54) is 0 Å². The second-order valence-electron chi connectivity index (χ2n) is 4.68. The maximum absolute atomic E-state index is 11.3. The van der Waals surface area contributed by atoms with Crippen molar-refractivity contribution in [3.8, 4) is 0 Å². The fourth-order valence-corrected chi connectivity index (χ4v) is 1.20. The lowest BCUT2D eigenvalue weighted by atomic mass is 10.2. The van der Waals surface area contributed by atoms with Crippen LogP contribution in [-0.4, -0.2) is 27.8 Å². The monoisotopic (exact) mass is 225 g/mol. The summed E-state index contributed by atoms with van der Waals surface area (Å²) in [6.07, 6.45) is 3.28. The first-order valence-corrected chi connectivity index (χ1v) is 5.32. The molecule has 0 unspecified atom stereocenters. The Morgan fingerprint density at radius 2 is 2.25 bits per heavy atom. The summed E-state index contributed by atoms with van der Waals surface area (Å²) in [5, 5.41) is 2.69. The van der Waals surface area contributed by atoms with Crippen molar-refractivity contribution >= 4 is 6.09 Å². The summed E-state index contributed by atoms with van der Waals surface area (Å²) in [4.78, 5) is 15.4. The van der Waals surface area contributed by atoms with Gasteiger partial charge in [-0.25, -0.2) is 9.78 Å². The van der Waals surface area contributed by atoms with Crippen LogP contribution in [0.2, 0.25) is 0 Å². The molecule has 0 saturated carbocycles. The van der Waals surface area contributed by atoms with E-state index in [0.29, 0.717) is 13.1 Å². The standard InChI is InChI=1S/C11H19N3O2/c1-9-7-14(8-13-9)6-5-12-10(15)16-11(2,3)4/h7-8H,5-6H2,1-4H3,(H,12,15). The molecule has 1 amide bonds. The Hall–Kier alpha value is -1.52. The van der Waals surface area contributed by atoms with Gasteiger partial charge in [0.25, 0.3) is 0 Å². The van der Waals surface area contributed by atoms with Crippen LogP contribution in [0.25, 0.3) is 0 Å². The molecule has 0 bridgehead atoms. The summed E-state index contributed by atoms with van der Waals surface area (Å²) >= 11 is 0. The molecule has 5 nitrogen and oxygen atoms in total. The van der Waals surface area contributed by atoms with Crippen LogP contribution < -0.4 is 5.32 Å². The van der Waals surface area contributed by atoms with E-state index in [-0.39, 0.29) is 6.09 Å². The van der Waals surface area contributed by atoms with E-state index < -0.39 is 5.60 Å². The number of imidazole rings is 1. The Morgan fingerprint density at radius 3 is 2.75 bits per heavy atom. The number of nitrogens with one attached hydrogen (secondary N) is 1. The second kappa shape index (κ2) is 5.01. The Morgan fingerprint density at radius 1 is 1.56 bits per heavy atom. The largest absolute Gasteiger partial charge is 0.444 e. The van der Waals surface area contributed by atoms with Gasteiger partial charge in [0.2, 0.25) is 0 Å². The van der Waals surface area contributed by atoms with Crippen LogP contribution in [0.1, 0.15) is 26.5 Å². The zero-order chi connectivity index (χ0) is 12.2. The number of aromatic nitrogens is 2. The number of hydrogen-bond donors (Lipinski definition) is 1. The van der Waals surface area contributed by atoms with Gasteiger partial charge in [-0.15, -0.1) is 0 Å². The molecule has 0 spiro atoms. The van der Waals surface area contributed by atoms with Crippen LogP contribution in [0.4, 0.5) is 4.79 Å². The number of ether oxygens (including phenoxy) is 1. The molecule has 1 heterocycles. The van der Waals surface area contributed by atoms with Gasteiger partial charge in [-0.2, -0.15) is 0 Å². The zero-order valence-corrected chi connectivity index (χ0v) is 10.3. The maximum atomic E-state index is 11.3. The van der Waals surface area contributed by atoms with Crippen molar-refractivity contribution in [2.75, 3.05) is 6.54 Å². The first-order chi connectivity index (χ1) is 7.37. The summed E-state index contributed by atoms with van der Waals surface area (Å²) in [6.45, 7) is 8.67. The van der Waals surface area contributed by atoms with E-state index in [4.69, 9.17) is 4.74 Å². The first-order valence-electron chi connectivity index (χ1n) is 5.32. The van der Waals surface area contributed by atoms with Crippen molar-refractivity contribution in [3.63, 3.8) is 0 Å². The number of amides is 1. The third-order valence-electron chi connectivity index (χ3n) is 1.80. The van der Waals surface area contributed by atoms with E-state index in [1.807, 2.05) is 38.5 Å². The second-order valence-corrected chi connectivity index (χ2v) is 4.68. The predicted octanol–water partition coefficient (Wildman–Crippen LogP) is 1.72. The van der Waals surface area contributed by atoms with E-state index >= 15 is 0 Å². The highest BCUT2D eigenvalue weighted by Crippen LogP contribution is 2.06. The molecule has 0 atom stereocenters. The van der Waals surface area contributed by atoms with Crippen molar-refractivity contribution < 1.29 is 9.53 Å². The van der Waals surface area contributed by atoms with Crippen LogP contribution in [0.5, 0.6) is 0 Å². The number of carbonyl (C=O) groups excluding carboxylic acids is 1. The van der Waals surface area contributed by atoms with Gasteiger partial charge in [0, 0.05) is 19.3 Å². The van der Waals surface area contributed by atoms with Gasteiger partial charge >= 0.3 is 6.09 Å². The normalized spacial score (nSPS) is 11.2. The minimum absolute atomic E-state index is 0.385. The Bertz CT molecular complexity index is 352.